The van der Waals surface area contributed by atoms with Gasteiger partial charge in [-0.2, -0.15) is 9.67 Å². The molecule has 0 bridgehead atoms. The van der Waals surface area contributed by atoms with Crippen molar-refractivity contribution in [3.63, 3.8) is 0 Å². The summed E-state index contributed by atoms with van der Waals surface area (Å²) in [6, 6.07) is 17.0. The fraction of sp³-hybridized carbons (Fsp3) is 0.217. The van der Waals surface area contributed by atoms with Crippen LogP contribution in [-0.2, 0) is 14.2 Å². The molecule has 0 spiro atoms. The molecule has 1 aliphatic heterocycles. The van der Waals surface area contributed by atoms with Gasteiger partial charge >= 0.3 is 11.9 Å². The fourth-order valence-electron chi connectivity index (χ4n) is 3.78. The predicted octanol–water partition coefficient (Wildman–Crippen LogP) is 1.47. The molecule has 2 aromatic heterocycles. The van der Waals surface area contributed by atoms with E-state index in [1.807, 2.05) is 0 Å². The number of H-pyrrole nitrogens is 1. The molecule has 1 aliphatic rings. The topological polar surface area (TPSA) is 164 Å². The van der Waals surface area contributed by atoms with Gasteiger partial charge in [-0.05, 0) is 24.3 Å². The van der Waals surface area contributed by atoms with E-state index in [-0.39, 0.29) is 30.1 Å². The fourth-order valence-corrected chi connectivity index (χ4v) is 3.78. The standard InChI is InChI=1S/C23H20N6O6/c24-23-25-18-17(19(30)26-23)27-28-29(18)20-16(35-22(32)14-9-5-2-6-10-14)11-15(34-20)12-33-21(31)13-7-3-1-4-8-13/h1-10,15-16,20H,11-12H2,(H3,24,25,26,30)/t15-,16+,20+/m0/s1. The molecule has 0 amide bonds. The van der Waals surface area contributed by atoms with Gasteiger partial charge in [0.25, 0.3) is 5.56 Å². The number of nitrogens with zero attached hydrogens (tertiary/aromatic N) is 4. The van der Waals surface area contributed by atoms with Gasteiger partial charge in [-0.25, -0.2) is 9.59 Å². The van der Waals surface area contributed by atoms with E-state index in [0.717, 1.165) is 0 Å². The minimum atomic E-state index is -0.984. The summed E-state index contributed by atoms with van der Waals surface area (Å²) in [7, 11) is 0. The van der Waals surface area contributed by atoms with Crippen LogP contribution in [0, 0.1) is 0 Å². The number of hydrogen-bond acceptors (Lipinski definition) is 10. The average Bonchev–Trinajstić information content (AvgIpc) is 3.47. The normalized spacial score (nSPS) is 19.5. The molecule has 5 rings (SSSR count). The maximum Gasteiger partial charge on any atom is 0.338 e. The van der Waals surface area contributed by atoms with Gasteiger partial charge in [0.2, 0.25) is 5.95 Å². The van der Waals surface area contributed by atoms with E-state index in [0.29, 0.717) is 11.1 Å². The molecule has 0 saturated carbocycles. The van der Waals surface area contributed by atoms with Crippen LogP contribution in [0.5, 0.6) is 0 Å². The van der Waals surface area contributed by atoms with E-state index in [4.69, 9.17) is 19.9 Å². The molecule has 3 N–H and O–H groups in total. The zero-order valence-electron chi connectivity index (χ0n) is 18.2. The number of aromatic amines is 1. The van der Waals surface area contributed by atoms with Gasteiger partial charge in [-0.1, -0.05) is 41.6 Å². The van der Waals surface area contributed by atoms with Crippen molar-refractivity contribution in [1.82, 2.24) is 25.0 Å². The highest BCUT2D eigenvalue weighted by molar-refractivity contribution is 5.89. The van der Waals surface area contributed by atoms with Gasteiger partial charge in [-0.3, -0.25) is 9.78 Å². The van der Waals surface area contributed by atoms with Gasteiger partial charge in [0.1, 0.15) is 6.61 Å². The number of benzene rings is 2. The highest BCUT2D eigenvalue weighted by atomic mass is 16.6. The van der Waals surface area contributed by atoms with Crippen LogP contribution in [0.3, 0.4) is 0 Å². The Morgan fingerprint density at radius 1 is 1.06 bits per heavy atom. The van der Waals surface area contributed by atoms with Crippen molar-refractivity contribution in [2.75, 3.05) is 12.3 Å². The number of rotatable bonds is 6. The Balaban J connectivity index is 1.39. The summed E-state index contributed by atoms with van der Waals surface area (Å²) in [5.41, 5.74) is 5.90. The smallest absolute Gasteiger partial charge is 0.338 e. The largest absolute Gasteiger partial charge is 0.459 e. The van der Waals surface area contributed by atoms with Crippen LogP contribution in [0.15, 0.2) is 65.5 Å². The first-order valence-corrected chi connectivity index (χ1v) is 10.7. The molecule has 3 heterocycles. The minimum Gasteiger partial charge on any atom is -0.459 e. The molecule has 1 fully saturated rings. The minimum absolute atomic E-state index is 0.0464. The maximum atomic E-state index is 12.7. The Morgan fingerprint density at radius 2 is 1.71 bits per heavy atom. The molecule has 0 aliphatic carbocycles. The Labute approximate surface area is 197 Å². The van der Waals surface area contributed by atoms with Gasteiger partial charge in [0, 0.05) is 6.42 Å². The zero-order chi connectivity index (χ0) is 24.4. The number of nitrogen functional groups attached to an aromatic ring is 1. The average molecular weight is 476 g/mol. The lowest BCUT2D eigenvalue weighted by molar-refractivity contribution is -0.0653. The van der Waals surface area contributed by atoms with Crippen LogP contribution >= 0.6 is 0 Å². The van der Waals surface area contributed by atoms with E-state index in [2.05, 4.69) is 20.3 Å². The van der Waals surface area contributed by atoms with Gasteiger partial charge in [-0.15, -0.1) is 5.10 Å². The van der Waals surface area contributed by atoms with E-state index in [1.165, 1.54) is 4.68 Å². The van der Waals surface area contributed by atoms with E-state index in [9.17, 15) is 14.4 Å². The maximum absolute atomic E-state index is 12.7. The number of carbonyl (C=O) groups excluding carboxylic acids is 2. The number of hydrogen-bond donors (Lipinski definition) is 2. The number of nitrogens with one attached hydrogen (secondary N) is 1. The molecular weight excluding hydrogens is 456 g/mol. The number of fused-ring (bicyclic) bond motifs is 1. The lowest BCUT2D eigenvalue weighted by atomic mass is 10.2. The summed E-state index contributed by atoms with van der Waals surface area (Å²) >= 11 is 0. The third-order valence-electron chi connectivity index (χ3n) is 5.42. The highest BCUT2D eigenvalue weighted by Crippen LogP contribution is 2.33. The molecule has 12 nitrogen and oxygen atoms in total. The first-order valence-electron chi connectivity index (χ1n) is 10.7. The summed E-state index contributed by atoms with van der Waals surface area (Å²) in [5.74, 6) is -1.21. The van der Waals surface area contributed by atoms with Crippen molar-refractivity contribution in [2.24, 2.45) is 0 Å². The molecular formula is C23H20N6O6. The van der Waals surface area contributed by atoms with Crippen molar-refractivity contribution in [1.29, 1.82) is 0 Å². The Kier molecular flexibility index (Phi) is 5.94. The summed E-state index contributed by atoms with van der Waals surface area (Å²) in [4.78, 5) is 43.7. The van der Waals surface area contributed by atoms with Crippen molar-refractivity contribution < 1.29 is 23.8 Å². The quantitative estimate of drug-likeness (QED) is 0.389. The van der Waals surface area contributed by atoms with E-state index in [1.54, 1.807) is 60.7 Å². The second-order valence-corrected chi connectivity index (χ2v) is 7.82. The third-order valence-corrected chi connectivity index (χ3v) is 5.42. The summed E-state index contributed by atoms with van der Waals surface area (Å²) in [6.07, 6.45) is -2.25. The highest BCUT2D eigenvalue weighted by Gasteiger charge is 2.42. The molecule has 0 radical (unpaired) electrons. The van der Waals surface area contributed by atoms with Crippen molar-refractivity contribution in [2.45, 2.75) is 24.9 Å². The van der Waals surface area contributed by atoms with Crippen LogP contribution in [0.1, 0.15) is 33.4 Å². The zero-order valence-corrected chi connectivity index (χ0v) is 18.2. The van der Waals surface area contributed by atoms with Crippen LogP contribution in [-0.4, -0.2) is 55.7 Å². The molecule has 3 atom stereocenters. The van der Waals surface area contributed by atoms with Crippen LogP contribution in [0.25, 0.3) is 11.2 Å². The molecule has 178 valence electrons. The van der Waals surface area contributed by atoms with Crippen LogP contribution < -0.4 is 11.3 Å². The summed E-state index contributed by atoms with van der Waals surface area (Å²) < 4.78 is 18.4. The molecule has 4 aromatic rings. The number of ether oxygens (including phenoxy) is 3. The Bertz CT molecular complexity index is 1420. The second kappa shape index (κ2) is 9.35. The number of nitrogens with two attached hydrogens (primary N) is 1. The number of aromatic nitrogens is 5. The van der Waals surface area contributed by atoms with Gasteiger partial charge in [0.05, 0.1) is 17.2 Å². The summed E-state index contributed by atoms with van der Waals surface area (Å²) in [5, 5.41) is 7.85. The van der Waals surface area contributed by atoms with Crippen molar-refractivity contribution in [3.8, 4) is 0 Å². The van der Waals surface area contributed by atoms with Crippen LogP contribution in [0.2, 0.25) is 0 Å². The third kappa shape index (κ3) is 4.59. The number of carbonyl (C=O) groups is 2. The van der Waals surface area contributed by atoms with Crippen molar-refractivity contribution in [3.05, 3.63) is 82.1 Å². The Hall–Kier alpha value is -4.58. The van der Waals surface area contributed by atoms with Crippen molar-refractivity contribution >= 4 is 29.1 Å². The van der Waals surface area contributed by atoms with Gasteiger partial charge in [0.15, 0.2) is 23.5 Å². The molecule has 2 aromatic carbocycles. The summed E-state index contributed by atoms with van der Waals surface area (Å²) in [6.45, 7) is -0.0909. The number of anilines is 1. The molecule has 1 saturated heterocycles. The molecule has 35 heavy (non-hydrogen) atoms. The predicted molar refractivity (Wildman–Crippen MR) is 121 cm³/mol. The molecule has 0 unspecified atom stereocenters. The molecule has 12 heteroatoms. The van der Waals surface area contributed by atoms with E-state index >= 15 is 0 Å². The lowest BCUT2D eigenvalue weighted by Crippen LogP contribution is -2.27. The number of esters is 2. The van der Waals surface area contributed by atoms with Crippen LogP contribution in [0.4, 0.5) is 5.95 Å². The monoisotopic (exact) mass is 476 g/mol. The first-order chi connectivity index (χ1) is 17.0. The Morgan fingerprint density at radius 3 is 2.40 bits per heavy atom. The SMILES string of the molecule is Nc1nc2c(nnn2[C@@H]2O[C@H](COC(=O)c3ccccc3)C[C@H]2OC(=O)c2ccccc2)c(=O)[nH]1. The lowest BCUT2D eigenvalue weighted by Gasteiger charge is -2.19. The van der Waals surface area contributed by atoms with Gasteiger partial charge < -0.3 is 19.9 Å². The first kappa shape index (κ1) is 22.2. The van der Waals surface area contributed by atoms with E-state index < -0.39 is 35.9 Å². The second-order valence-electron chi connectivity index (χ2n) is 7.82.